The van der Waals surface area contributed by atoms with Crippen LogP contribution >= 0.6 is 11.3 Å². The third-order valence-electron chi connectivity index (χ3n) is 3.69. The zero-order valence-corrected chi connectivity index (χ0v) is 15.3. The van der Waals surface area contributed by atoms with Gasteiger partial charge in [-0.05, 0) is 30.3 Å². The molecule has 0 spiro atoms. The molecular weight excluding hydrogens is 350 g/mol. The molecule has 0 unspecified atom stereocenters. The fraction of sp³-hybridized carbons (Fsp3) is 0.158. The van der Waals surface area contributed by atoms with Crippen LogP contribution in [0.1, 0.15) is 16.1 Å². The highest BCUT2D eigenvalue weighted by Crippen LogP contribution is 2.24. The molecule has 0 bridgehead atoms. The quantitative estimate of drug-likeness (QED) is 0.662. The van der Waals surface area contributed by atoms with Crippen molar-refractivity contribution >= 4 is 28.1 Å². The molecule has 3 aromatic rings. The Morgan fingerprint density at radius 3 is 2.65 bits per heavy atom. The first-order valence-corrected chi connectivity index (χ1v) is 8.84. The molecule has 0 saturated carbocycles. The molecule has 6 nitrogen and oxygen atoms in total. The lowest BCUT2D eigenvalue weighted by Crippen LogP contribution is -2.23. The average molecular weight is 369 g/mol. The molecule has 0 atom stereocenters. The van der Waals surface area contributed by atoms with Gasteiger partial charge in [-0.3, -0.25) is 4.79 Å². The SMILES string of the molecule is COc1ccc(OC)c(CNC(=O)c2csc(Nc3ccccc3)n2)c1. The fourth-order valence-electron chi connectivity index (χ4n) is 2.37. The Hall–Kier alpha value is -3.06. The smallest absolute Gasteiger partial charge is 0.271 e. The minimum Gasteiger partial charge on any atom is -0.497 e. The van der Waals surface area contributed by atoms with Crippen LogP contribution in [0.2, 0.25) is 0 Å². The van der Waals surface area contributed by atoms with Crippen molar-refractivity contribution in [2.75, 3.05) is 19.5 Å². The average Bonchev–Trinajstić information content (AvgIpc) is 3.15. The molecule has 3 rings (SSSR count). The van der Waals surface area contributed by atoms with Crippen molar-refractivity contribution in [3.05, 3.63) is 65.2 Å². The highest BCUT2D eigenvalue weighted by atomic mass is 32.1. The van der Waals surface area contributed by atoms with Crippen LogP contribution in [-0.4, -0.2) is 25.1 Å². The first-order chi connectivity index (χ1) is 12.7. The summed E-state index contributed by atoms with van der Waals surface area (Å²) >= 11 is 1.38. The number of para-hydroxylation sites is 1. The number of hydrogen-bond donors (Lipinski definition) is 2. The molecule has 0 aliphatic heterocycles. The van der Waals surface area contributed by atoms with Crippen LogP contribution in [0.3, 0.4) is 0 Å². The molecule has 0 saturated heterocycles. The summed E-state index contributed by atoms with van der Waals surface area (Å²) in [6.07, 6.45) is 0. The lowest BCUT2D eigenvalue weighted by atomic mass is 10.2. The standard InChI is InChI=1S/C19H19N3O3S/c1-24-15-8-9-17(25-2)13(10-15)11-20-18(23)16-12-26-19(22-16)21-14-6-4-3-5-7-14/h3-10,12H,11H2,1-2H3,(H,20,23)(H,21,22). The molecule has 7 heteroatoms. The summed E-state index contributed by atoms with van der Waals surface area (Å²) in [6.45, 7) is 0.318. The van der Waals surface area contributed by atoms with Crippen LogP contribution < -0.4 is 20.1 Å². The number of carbonyl (C=O) groups is 1. The first-order valence-electron chi connectivity index (χ1n) is 7.96. The molecule has 0 radical (unpaired) electrons. The molecule has 2 aromatic carbocycles. The van der Waals surface area contributed by atoms with Crippen LogP contribution in [0.15, 0.2) is 53.9 Å². The molecule has 1 amide bonds. The number of ether oxygens (including phenoxy) is 2. The normalized spacial score (nSPS) is 10.2. The highest BCUT2D eigenvalue weighted by molar-refractivity contribution is 7.14. The van der Waals surface area contributed by atoms with Crippen molar-refractivity contribution in [1.82, 2.24) is 10.3 Å². The van der Waals surface area contributed by atoms with E-state index in [4.69, 9.17) is 9.47 Å². The lowest BCUT2D eigenvalue weighted by Gasteiger charge is -2.11. The summed E-state index contributed by atoms with van der Waals surface area (Å²) in [4.78, 5) is 16.7. The number of thiazole rings is 1. The Kier molecular flexibility index (Phi) is 5.70. The Labute approximate surface area is 155 Å². The van der Waals surface area contributed by atoms with Gasteiger partial charge in [-0.2, -0.15) is 0 Å². The van der Waals surface area contributed by atoms with Crippen LogP contribution in [0, 0.1) is 0 Å². The van der Waals surface area contributed by atoms with Gasteiger partial charge in [0.2, 0.25) is 0 Å². The van der Waals surface area contributed by atoms with E-state index in [0.29, 0.717) is 28.9 Å². The number of anilines is 2. The Morgan fingerprint density at radius 2 is 1.92 bits per heavy atom. The summed E-state index contributed by atoms with van der Waals surface area (Å²) in [7, 11) is 3.19. The van der Waals surface area contributed by atoms with Gasteiger partial charge in [0.25, 0.3) is 5.91 Å². The van der Waals surface area contributed by atoms with Gasteiger partial charge in [0.15, 0.2) is 5.13 Å². The zero-order chi connectivity index (χ0) is 18.4. The van der Waals surface area contributed by atoms with Crippen molar-refractivity contribution in [1.29, 1.82) is 0 Å². The van der Waals surface area contributed by atoms with Gasteiger partial charge in [-0.1, -0.05) is 18.2 Å². The van der Waals surface area contributed by atoms with Gasteiger partial charge in [-0.15, -0.1) is 11.3 Å². The van der Waals surface area contributed by atoms with Crippen molar-refractivity contribution in [3.63, 3.8) is 0 Å². The van der Waals surface area contributed by atoms with Crippen LogP contribution in [0.5, 0.6) is 11.5 Å². The Balaban J connectivity index is 1.64. The predicted molar refractivity (Wildman–Crippen MR) is 103 cm³/mol. The van der Waals surface area contributed by atoms with E-state index in [1.165, 1.54) is 11.3 Å². The van der Waals surface area contributed by atoms with E-state index in [1.807, 2.05) is 48.5 Å². The monoisotopic (exact) mass is 369 g/mol. The summed E-state index contributed by atoms with van der Waals surface area (Å²) in [5.74, 6) is 1.15. The van der Waals surface area contributed by atoms with Crippen LogP contribution in [-0.2, 0) is 6.54 Å². The molecule has 26 heavy (non-hydrogen) atoms. The van der Waals surface area contributed by atoms with E-state index in [0.717, 1.165) is 11.3 Å². The second-order valence-electron chi connectivity index (χ2n) is 5.39. The molecule has 0 fully saturated rings. The third kappa shape index (κ3) is 4.31. The number of carbonyl (C=O) groups excluding carboxylic acids is 1. The van der Waals surface area contributed by atoms with Gasteiger partial charge >= 0.3 is 0 Å². The molecule has 1 heterocycles. The predicted octanol–water partition coefficient (Wildman–Crippen LogP) is 3.83. The van der Waals surface area contributed by atoms with Crippen molar-refractivity contribution < 1.29 is 14.3 Å². The largest absolute Gasteiger partial charge is 0.497 e. The van der Waals surface area contributed by atoms with Crippen LogP contribution in [0.4, 0.5) is 10.8 Å². The fourth-order valence-corrected chi connectivity index (χ4v) is 3.08. The second kappa shape index (κ2) is 8.35. The van der Waals surface area contributed by atoms with Crippen molar-refractivity contribution in [2.24, 2.45) is 0 Å². The minimum absolute atomic E-state index is 0.243. The van der Waals surface area contributed by atoms with Gasteiger partial charge < -0.3 is 20.1 Å². The number of benzene rings is 2. The number of hydrogen-bond acceptors (Lipinski definition) is 6. The van der Waals surface area contributed by atoms with Crippen molar-refractivity contribution in [2.45, 2.75) is 6.54 Å². The van der Waals surface area contributed by atoms with E-state index in [1.54, 1.807) is 19.6 Å². The summed E-state index contributed by atoms with van der Waals surface area (Å²) in [5.41, 5.74) is 2.13. The topological polar surface area (TPSA) is 72.5 Å². The maximum atomic E-state index is 12.4. The number of rotatable bonds is 7. The molecule has 1 aromatic heterocycles. The minimum atomic E-state index is -0.243. The van der Waals surface area contributed by atoms with E-state index < -0.39 is 0 Å². The maximum absolute atomic E-state index is 12.4. The number of nitrogens with zero attached hydrogens (tertiary/aromatic N) is 1. The molecule has 2 N–H and O–H groups in total. The summed E-state index contributed by atoms with van der Waals surface area (Å²) < 4.78 is 10.5. The summed E-state index contributed by atoms with van der Waals surface area (Å²) in [6, 6.07) is 15.2. The van der Waals surface area contributed by atoms with E-state index in [9.17, 15) is 4.79 Å². The van der Waals surface area contributed by atoms with E-state index in [2.05, 4.69) is 15.6 Å². The van der Waals surface area contributed by atoms with Crippen LogP contribution in [0.25, 0.3) is 0 Å². The third-order valence-corrected chi connectivity index (χ3v) is 4.45. The van der Waals surface area contributed by atoms with Gasteiger partial charge in [0.05, 0.1) is 14.2 Å². The number of aromatic nitrogens is 1. The van der Waals surface area contributed by atoms with Gasteiger partial charge in [0.1, 0.15) is 17.2 Å². The lowest BCUT2D eigenvalue weighted by molar-refractivity contribution is 0.0946. The highest BCUT2D eigenvalue weighted by Gasteiger charge is 2.12. The number of amides is 1. The maximum Gasteiger partial charge on any atom is 0.271 e. The molecule has 0 aliphatic rings. The van der Waals surface area contributed by atoms with E-state index >= 15 is 0 Å². The Bertz CT molecular complexity index is 881. The van der Waals surface area contributed by atoms with Gasteiger partial charge in [0, 0.05) is 23.2 Å². The summed E-state index contributed by atoms with van der Waals surface area (Å²) in [5, 5.41) is 8.43. The first kappa shape index (κ1) is 17.8. The number of methoxy groups -OCH3 is 2. The molecular formula is C19H19N3O3S. The molecule has 0 aliphatic carbocycles. The Morgan fingerprint density at radius 1 is 1.12 bits per heavy atom. The van der Waals surface area contributed by atoms with E-state index in [-0.39, 0.29) is 5.91 Å². The van der Waals surface area contributed by atoms with Crippen molar-refractivity contribution in [3.8, 4) is 11.5 Å². The van der Waals surface area contributed by atoms with Gasteiger partial charge in [-0.25, -0.2) is 4.98 Å². The number of nitrogens with one attached hydrogen (secondary N) is 2. The zero-order valence-electron chi connectivity index (χ0n) is 14.5. The molecule has 134 valence electrons. The second-order valence-corrected chi connectivity index (χ2v) is 6.25.